The average molecular weight is 139 g/mol. The number of nitriles is 1. The van der Waals surface area contributed by atoms with Crippen LogP contribution in [-0.2, 0) is 0 Å². The molecule has 0 aromatic heterocycles. The van der Waals surface area contributed by atoms with Crippen LogP contribution in [0.15, 0.2) is 11.8 Å². The summed E-state index contributed by atoms with van der Waals surface area (Å²) in [5.41, 5.74) is 0.454. The Balaban J connectivity index is 3.66. The molecular formula is C6H9N3O. The highest BCUT2D eigenvalue weighted by Crippen LogP contribution is 1.82. The zero-order valence-corrected chi connectivity index (χ0v) is 5.46. The molecule has 0 saturated heterocycles. The highest BCUT2D eigenvalue weighted by Gasteiger charge is 1.85. The van der Waals surface area contributed by atoms with Gasteiger partial charge in [-0.25, -0.2) is 0 Å². The number of aliphatic hydroxyl groups is 1. The summed E-state index contributed by atoms with van der Waals surface area (Å²) in [5.74, 6) is 0. The highest BCUT2D eigenvalue weighted by molar-refractivity contribution is 5.75. The molecule has 0 aliphatic rings. The summed E-state index contributed by atoms with van der Waals surface area (Å²) in [6, 6.07) is 1.86. The van der Waals surface area contributed by atoms with Crippen molar-refractivity contribution in [3.8, 4) is 6.07 Å². The lowest BCUT2D eigenvalue weighted by molar-refractivity contribution is 0.337. The fraction of sp³-hybridized carbons (Fsp3) is 0.333. The lowest BCUT2D eigenvalue weighted by Gasteiger charge is -1.94. The Labute approximate surface area is 59.3 Å². The second-order valence-electron chi connectivity index (χ2n) is 1.56. The fourth-order valence-corrected chi connectivity index (χ4v) is 0.361. The maximum atomic E-state index is 8.48. The molecule has 0 aromatic rings. The van der Waals surface area contributed by atoms with Gasteiger partial charge in [0.1, 0.15) is 6.54 Å². The van der Waals surface area contributed by atoms with Crippen molar-refractivity contribution in [3.63, 3.8) is 0 Å². The largest absolute Gasteiger partial charge is 0.392 e. The second kappa shape index (κ2) is 5.79. The molecule has 54 valence electrons. The van der Waals surface area contributed by atoms with Crippen LogP contribution < -0.4 is 5.32 Å². The third-order valence-corrected chi connectivity index (χ3v) is 0.837. The van der Waals surface area contributed by atoms with Crippen molar-refractivity contribution in [3.05, 3.63) is 11.8 Å². The molecule has 0 amide bonds. The lowest BCUT2D eigenvalue weighted by atomic mass is 10.3. The standard InChI is InChI=1S/C6H9N3O/c7-1-2-9-4-6(3-8)5-10/h3-4,8-10H,2,5H2/b6-4+,8-3?. The highest BCUT2D eigenvalue weighted by atomic mass is 16.3. The molecular weight excluding hydrogens is 130 g/mol. The molecule has 0 radical (unpaired) electrons. The molecule has 0 aromatic carbocycles. The number of aliphatic hydroxyl groups excluding tert-OH is 1. The van der Waals surface area contributed by atoms with Gasteiger partial charge in [0.05, 0.1) is 12.7 Å². The van der Waals surface area contributed by atoms with Crippen LogP contribution in [-0.4, -0.2) is 24.5 Å². The summed E-state index contributed by atoms with van der Waals surface area (Å²) in [6.07, 6.45) is 2.47. The van der Waals surface area contributed by atoms with Gasteiger partial charge >= 0.3 is 0 Å². The van der Waals surface area contributed by atoms with Gasteiger partial charge in [0.2, 0.25) is 0 Å². The minimum Gasteiger partial charge on any atom is -0.392 e. The van der Waals surface area contributed by atoms with Gasteiger partial charge in [-0.2, -0.15) is 5.26 Å². The van der Waals surface area contributed by atoms with Crippen molar-refractivity contribution in [1.82, 2.24) is 5.32 Å². The molecule has 3 N–H and O–H groups in total. The van der Waals surface area contributed by atoms with E-state index in [1.165, 1.54) is 6.20 Å². The van der Waals surface area contributed by atoms with Crippen molar-refractivity contribution >= 4 is 6.21 Å². The first-order valence-corrected chi connectivity index (χ1v) is 2.76. The van der Waals surface area contributed by atoms with Crippen LogP contribution in [0, 0.1) is 16.7 Å². The van der Waals surface area contributed by atoms with Crippen molar-refractivity contribution in [2.75, 3.05) is 13.2 Å². The van der Waals surface area contributed by atoms with Crippen LogP contribution in [0.4, 0.5) is 0 Å². The SMILES string of the molecule is N#CCN/C=C(\C=N)CO. The number of nitrogens with zero attached hydrogens (tertiary/aromatic N) is 1. The maximum absolute atomic E-state index is 8.48. The summed E-state index contributed by atoms with van der Waals surface area (Å²) in [7, 11) is 0. The molecule has 0 spiro atoms. The Morgan fingerprint density at radius 2 is 2.50 bits per heavy atom. The van der Waals surface area contributed by atoms with E-state index in [0.717, 1.165) is 6.21 Å². The fourth-order valence-electron chi connectivity index (χ4n) is 0.361. The van der Waals surface area contributed by atoms with E-state index >= 15 is 0 Å². The van der Waals surface area contributed by atoms with Crippen molar-refractivity contribution in [1.29, 1.82) is 10.7 Å². The summed E-state index contributed by atoms with van der Waals surface area (Å²) in [5, 5.41) is 25.9. The van der Waals surface area contributed by atoms with Crippen LogP contribution in [0.5, 0.6) is 0 Å². The van der Waals surface area contributed by atoms with Gasteiger partial charge in [-0.3, -0.25) is 0 Å². The van der Waals surface area contributed by atoms with Gasteiger partial charge in [-0.1, -0.05) is 0 Å². The van der Waals surface area contributed by atoms with Gasteiger partial charge < -0.3 is 15.8 Å². The Hall–Kier alpha value is -1.34. The summed E-state index contributed by atoms with van der Waals surface area (Å²) in [4.78, 5) is 0. The number of nitrogens with one attached hydrogen (secondary N) is 2. The molecule has 0 atom stereocenters. The van der Waals surface area contributed by atoms with Gasteiger partial charge in [0.15, 0.2) is 0 Å². The van der Waals surface area contributed by atoms with Gasteiger partial charge in [0, 0.05) is 18.0 Å². The maximum Gasteiger partial charge on any atom is 0.102 e. The molecule has 10 heavy (non-hydrogen) atoms. The van der Waals surface area contributed by atoms with E-state index in [-0.39, 0.29) is 13.2 Å². The zero-order valence-electron chi connectivity index (χ0n) is 5.46. The smallest absolute Gasteiger partial charge is 0.102 e. The van der Waals surface area contributed by atoms with Crippen LogP contribution in [0.1, 0.15) is 0 Å². The van der Waals surface area contributed by atoms with Crippen molar-refractivity contribution in [2.45, 2.75) is 0 Å². The van der Waals surface area contributed by atoms with Crippen molar-refractivity contribution < 1.29 is 5.11 Å². The van der Waals surface area contributed by atoms with Gasteiger partial charge in [-0.15, -0.1) is 0 Å². The normalized spacial score (nSPS) is 10.2. The minimum absolute atomic E-state index is 0.179. The summed E-state index contributed by atoms with van der Waals surface area (Å²) < 4.78 is 0. The number of hydrogen-bond donors (Lipinski definition) is 3. The van der Waals surface area contributed by atoms with E-state index < -0.39 is 0 Å². The molecule has 4 heteroatoms. The molecule has 0 saturated carbocycles. The summed E-state index contributed by atoms with van der Waals surface area (Å²) >= 11 is 0. The first-order valence-electron chi connectivity index (χ1n) is 2.76. The van der Waals surface area contributed by atoms with E-state index in [4.69, 9.17) is 15.8 Å². The van der Waals surface area contributed by atoms with E-state index in [0.29, 0.717) is 5.57 Å². The van der Waals surface area contributed by atoms with E-state index in [1.807, 2.05) is 6.07 Å². The molecule has 0 heterocycles. The van der Waals surface area contributed by atoms with Crippen LogP contribution in [0.2, 0.25) is 0 Å². The predicted octanol–water partition coefficient (Wildman–Crippen LogP) is -0.375. The zero-order chi connectivity index (χ0) is 7.82. The van der Waals surface area contributed by atoms with Gasteiger partial charge in [-0.05, 0) is 0 Å². The third-order valence-electron chi connectivity index (χ3n) is 0.837. The Morgan fingerprint density at radius 3 is 2.90 bits per heavy atom. The quantitative estimate of drug-likeness (QED) is 0.282. The molecule has 0 aliphatic carbocycles. The lowest BCUT2D eigenvalue weighted by Crippen LogP contribution is -2.07. The summed E-state index contributed by atoms with van der Waals surface area (Å²) in [6.45, 7) is 0.0132. The molecule has 0 rings (SSSR count). The number of rotatable bonds is 4. The Kier molecular flexibility index (Phi) is 5.01. The van der Waals surface area contributed by atoms with Crippen LogP contribution in [0.3, 0.4) is 0 Å². The van der Waals surface area contributed by atoms with E-state index in [9.17, 15) is 0 Å². The first kappa shape index (κ1) is 8.66. The topological polar surface area (TPSA) is 79.9 Å². The molecule has 0 aliphatic heterocycles. The van der Waals surface area contributed by atoms with Crippen molar-refractivity contribution in [2.24, 2.45) is 0 Å². The van der Waals surface area contributed by atoms with Crippen LogP contribution in [0.25, 0.3) is 0 Å². The predicted molar refractivity (Wildman–Crippen MR) is 37.6 cm³/mol. The third kappa shape index (κ3) is 3.64. The second-order valence-corrected chi connectivity index (χ2v) is 1.56. The monoisotopic (exact) mass is 139 g/mol. The molecule has 0 bridgehead atoms. The molecule has 0 fully saturated rings. The number of hydrogen-bond acceptors (Lipinski definition) is 4. The molecule has 4 nitrogen and oxygen atoms in total. The first-order chi connectivity index (χ1) is 4.85. The molecule has 0 unspecified atom stereocenters. The Morgan fingerprint density at radius 1 is 1.80 bits per heavy atom. The van der Waals surface area contributed by atoms with E-state index in [2.05, 4.69) is 5.32 Å². The van der Waals surface area contributed by atoms with Crippen LogP contribution >= 0.6 is 0 Å². The van der Waals surface area contributed by atoms with Gasteiger partial charge in [0.25, 0.3) is 0 Å². The minimum atomic E-state index is -0.179. The Bertz CT molecular complexity index is 168. The average Bonchev–Trinajstić information content (AvgIpc) is 1.99. The van der Waals surface area contributed by atoms with E-state index in [1.54, 1.807) is 0 Å².